The van der Waals surface area contributed by atoms with E-state index in [1.54, 1.807) is 0 Å². The molecule has 0 atom stereocenters. The average molecular weight is 268 g/mol. The monoisotopic (exact) mass is 267 g/mol. The van der Waals surface area contributed by atoms with Crippen LogP contribution in [0.25, 0.3) is 0 Å². The molecule has 1 saturated carbocycles. The normalized spacial score (nSPS) is 18.8. The third kappa shape index (κ3) is 3.71. The quantitative estimate of drug-likeness (QED) is 0.877. The van der Waals surface area contributed by atoms with Gasteiger partial charge in [0.15, 0.2) is 0 Å². The Morgan fingerprint density at radius 3 is 2.44 bits per heavy atom. The van der Waals surface area contributed by atoms with Gasteiger partial charge in [0.2, 0.25) is 0 Å². The van der Waals surface area contributed by atoms with E-state index >= 15 is 0 Å². The van der Waals surface area contributed by atoms with Gasteiger partial charge in [-0.2, -0.15) is 0 Å². The van der Waals surface area contributed by atoms with Gasteiger partial charge in [0, 0.05) is 11.6 Å². The zero-order valence-electron chi connectivity index (χ0n) is 11.0. The van der Waals surface area contributed by atoms with Gasteiger partial charge in [0.05, 0.1) is 12.2 Å². The van der Waals surface area contributed by atoms with Crippen molar-refractivity contribution < 1.29 is 4.74 Å². The van der Waals surface area contributed by atoms with Crippen LogP contribution in [-0.2, 0) is 11.3 Å². The summed E-state index contributed by atoms with van der Waals surface area (Å²) in [5.41, 5.74) is 1.23. The molecule has 0 aromatic heterocycles. The van der Waals surface area contributed by atoms with E-state index in [0.29, 0.717) is 6.61 Å². The number of rotatable bonds is 5. The van der Waals surface area contributed by atoms with Crippen molar-refractivity contribution in [2.45, 2.75) is 44.3 Å². The molecule has 1 aromatic rings. The van der Waals surface area contributed by atoms with Crippen LogP contribution in [0, 0.1) is 0 Å². The minimum atomic E-state index is 0.0344. The van der Waals surface area contributed by atoms with Crippen LogP contribution in [0.4, 0.5) is 0 Å². The summed E-state index contributed by atoms with van der Waals surface area (Å²) in [7, 11) is 2.00. The maximum Gasteiger partial charge on any atom is 0.0810 e. The second-order valence-electron chi connectivity index (χ2n) is 5.19. The molecule has 0 aliphatic heterocycles. The van der Waals surface area contributed by atoms with Crippen LogP contribution in [-0.4, -0.2) is 19.2 Å². The number of hydrogen-bond acceptors (Lipinski definition) is 2. The van der Waals surface area contributed by atoms with Gasteiger partial charge in [-0.25, -0.2) is 0 Å². The van der Waals surface area contributed by atoms with Crippen molar-refractivity contribution in [1.29, 1.82) is 0 Å². The van der Waals surface area contributed by atoms with E-state index in [-0.39, 0.29) is 5.60 Å². The Labute approximate surface area is 115 Å². The molecular weight excluding hydrogens is 246 g/mol. The zero-order chi connectivity index (χ0) is 12.8. The molecular formula is C15H22ClNO. The van der Waals surface area contributed by atoms with Gasteiger partial charge in [-0.05, 0) is 37.6 Å². The molecule has 0 saturated heterocycles. The van der Waals surface area contributed by atoms with Gasteiger partial charge < -0.3 is 10.1 Å². The molecule has 0 bridgehead atoms. The molecule has 1 aliphatic rings. The van der Waals surface area contributed by atoms with Crippen LogP contribution in [0.5, 0.6) is 0 Å². The van der Waals surface area contributed by atoms with Crippen molar-refractivity contribution in [1.82, 2.24) is 5.32 Å². The van der Waals surface area contributed by atoms with Gasteiger partial charge >= 0.3 is 0 Å². The molecule has 0 heterocycles. The summed E-state index contributed by atoms with van der Waals surface area (Å²) < 4.78 is 6.23. The lowest BCUT2D eigenvalue weighted by Crippen LogP contribution is -2.43. The SMILES string of the molecule is CNCC1(OCc2ccc(Cl)cc2)CCCCC1. The van der Waals surface area contributed by atoms with Crippen LogP contribution in [0.1, 0.15) is 37.7 Å². The zero-order valence-corrected chi connectivity index (χ0v) is 11.8. The predicted octanol–water partition coefficient (Wildman–Crippen LogP) is 3.78. The number of halogens is 1. The molecule has 0 amide bonds. The summed E-state index contributed by atoms with van der Waals surface area (Å²) in [6.45, 7) is 1.62. The first-order chi connectivity index (χ1) is 8.74. The van der Waals surface area contributed by atoms with Crippen molar-refractivity contribution in [3.8, 4) is 0 Å². The van der Waals surface area contributed by atoms with Crippen LogP contribution < -0.4 is 5.32 Å². The second-order valence-corrected chi connectivity index (χ2v) is 5.63. The van der Waals surface area contributed by atoms with Crippen molar-refractivity contribution in [2.24, 2.45) is 0 Å². The maximum absolute atomic E-state index is 6.23. The molecule has 1 N–H and O–H groups in total. The summed E-state index contributed by atoms with van der Waals surface area (Å²) in [6, 6.07) is 7.92. The topological polar surface area (TPSA) is 21.3 Å². The Balaban J connectivity index is 1.94. The van der Waals surface area contributed by atoms with Crippen LogP contribution >= 0.6 is 11.6 Å². The highest BCUT2D eigenvalue weighted by atomic mass is 35.5. The number of benzene rings is 1. The van der Waals surface area contributed by atoms with Gasteiger partial charge in [-0.3, -0.25) is 0 Å². The van der Waals surface area contributed by atoms with Crippen molar-refractivity contribution >= 4 is 11.6 Å². The van der Waals surface area contributed by atoms with E-state index in [1.807, 2.05) is 31.3 Å². The van der Waals surface area contributed by atoms with E-state index in [0.717, 1.165) is 11.6 Å². The van der Waals surface area contributed by atoms with Gasteiger partial charge in [-0.1, -0.05) is 43.0 Å². The van der Waals surface area contributed by atoms with Gasteiger partial charge in [0.1, 0.15) is 0 Å². The van der Waals surface area contributed by atoms with Gasteiger partial charge in [-0.15, -0.1) is 0 Å². The van der Waals surface area contributed by atoms with Crippen molar-refractivity contribution in [3.63, 3.8) is 0 Å². The lowest BCUT2D eigenvalue weighted by atomic mass is 9.84. The van der Waals surface area contributed by atoms with Crippen molar-refractivity contribution in [3.05, 3.63) is 34.9 Å². The van der Waals surface area contributed by atoms with E-state index in [9.17, 15) is 0 Å². The standard InChI is InChI=1S/C15H22ClNO/c1-17-12-15(9-3-2-4-10-15)18-11-13-5-7-14(16)8-6-13/h5-8,17H,2-4,9-12H2,1H3. The van der Waals surface area contributed by atoms with E-state index in [2.05, 4.69) is 5.32 Å². The second kappa shape index (κ2) is 6.55. The first-order valence-corrected chi connectivity index (χ1v) is 7.15. The van der Waals surface area contributed by atoms with E-state index in [1.165, 1.54) is 37.7 Å². The fourth-order valence-electron chi connectivity index (χ4n) is 2.71. The summed E-state index contributed by atoms with van der Waals surface area (Å²) >= 11 is 5.89. The molecule has 1 fully saturated rings. The lowest BCUT2D eigenvalue weighted by molar-refractivity contribution is -0.0775. The van der Waals surface area contributed by atoms with E-state index < -0.39 is 0 Å². The molecule has 2 nitrogen and oxygen atoms in total. The molecule has 2 rings (SSSR count). The first-order valence-electron chi connectivity index (χ1n) is 6.77. The lowest BCUT2D eigenvalue weighted by Gasteiger charge is -2.37. The molecule has 18 heavy (non-hydrogen) atoms. The summed E-state index contributed by atoms with van der Waals surface area (Å²) in [5.74, 6) is 0. The molecule has 1 aliphatic carbocycles. The molecule has 100 valence electrons. The Morgan fingerprint density at radius 1 is 1.17 bits per heavy atom. The summed E-state index contributed by atoms with van der Waals surface area (Å²) in [6.07, 6.45) is 6.24. The smallest absolute Gasteiger partial charge is 0.0810 e. The van der Waals surface area contributed by atoms with Crippen LogP contribution in [0.15, 0.2) is 24.3 Å². The Hall–Kier alpha value is -0.570. The van der Waals surface area contributed by atoms with Gasteiger partial charge in [0.25, 0.3) is 0 Å². The molecule has 3 heteroatoms. The number of likely N-dealkylation sites (N-methyl/N-ethyl adjacent to an activating group) is 1. The van der Waals surface area contributed by atoms with Crippen LogP contribution in [0.3, 0.4) is 0 Å². The Bertz CT molecular complexity index is 352. The van der Waals surface area contributed by atoms with Crippen molar-refractivity contribution in [2.75, 3.05) is 13.6 Å². The first kappa shape index (κ1) is 13.9. The third-order valence-corrected chi connectivity index (χ3v) is 3.97. The molecule has 0 spiro atoms. The minimum Gasteiger partial charge on any atom is -0.369 e. The Kier molecular flexibility index (Phi) is 5.04. The highest BCUT2D eigenvalue weighted by Crippen LogP contribution is 2.32. The predicted molar refractivity (Wildman–Crippen MR) is 76.0 cm³/mol. The molecule has 0 radical (unpaired) electrons. The number of hydrogen-bond donors (Lipinski definition) is 1. The summed E-state index contributed by atoms with van der Waals surface area (Å²) in [4.78, 5) is 0. The number of nitrogens with one attached hydrogen (secondary N) is 1. The van der Waals surface area contributed by atoms with Crippen LogP contribution in [0.2, 0.25) is 5.02 Å². The average Bonchev–Trinajstić information content (AvgIpc) is 2.40. The number of ether oxygens (including phenoxy) is 1. The fourth-order valence-corrected chi connectivity index (χ4v) is 2.83. The maximum atomic E-state index is 6.23. The minimum absolute atomic E-state index is 0.0344. The molecule has 0 unspecified atom stereocenters. The largest absolute Gasteiger partial charge is 0.369 e. The highest BCUT2D eigenvalue weighted by molar-refractivity contribution is 6.30. The molecule has 1 aromatic carbocycles. The highest BCUT2D eigenvalue weighted by Gasteiger charge is 2.32. The summed E-state index contributed by atoms with van der Waals surface area (Å²) in [5, 5.41) is 4.06. The fraction of sp³-hybridized carbons (Fsp3) is 0.600. The Morgan fingerprint density at radius 2 is 1.83 bits per heavy atom. The third-order valence-electron chi connectivity index (χ3n) is 3.72. The van der Waals surface area contributed by atoms with E-state index in [4.69, 9.17) is 16.3 Å².